The number of amides is 1. The van der Waals surface area contributed by atoms with Crippen LogP contribution in [0.15, 0.2) is 18.2 Å². The Morgan fingerprint density at radius 3 is 3.11 bits per heavy atom. The highest BCUT2D eigenvalue weighted by Gasteiger charge is 2.23. The fourth-order valence-electron chi connectivity index (χ4n) is 1.95. The van der Waals surface area contributed by atoms with Crippen LogP contribution in [0, 0.1) is 24.7 Å². The van der Waals surface area contributed by atoms with Gasteiger partial charge in [-0.05, 0) is 36.8 Å². The topological polar surface area (TPSA) is 49.3 Å². The fraction of sp³-hybridized carbons (Fsp3) is 0.400. The van der Waals surface area contributed by atoms with E-state index in [1.54, 1.807) is 0 Å². The lowest BCUT2D eigenvalue weighted by molar-refractivity contribution is -0.119. The maximum Gasteiger partial charge on any atom is 0.228 e. The van der Waals surface area contributed by atoms with Gasteiger partial charge in [0, 0.05) is 22.9 Å². The first-order chi connectivity index (χ1) is 9.20. The number of aryl methyl sites for hydroxylation is 1. The minimum Gasteiger partial charge on any atom is -0.384 e. The van der Waals surface area contributed by atoms with E-state index in [0.717, 1.165) is 34.7 Å². The number of anilines is 1. The van der Waals surface area contributed by atoms with Crippen LogP contribution < -0.4 is 5.32 Å². The van der Waals surface area contributed by atoms with Crippen LogP contribution in [-0.4, -0.2) is 29.1 Å². The van der Waals surface area contributed by atoms with Crippen LogP contribution >= 0.6 is 11.8 Å². The molecule has 1 aromatic carbocycles. The lowest BCUT2D eigenvalue weighted by Gasteiger charge is -2.10. The number of carbonyl (C=O) groups excluding carboxylic acids is 1. The summed E-state index contributed by atoms with van der Waals surface area (Å²) in [5.74, 6) is 7.72. The zero-order valence-electron chi connectivity index (χ0n) is 10.9. The van der Waals surface area contributed by atoms with Gasteiger partial charge in [-0.2, -0.15) is 11.8 Å². The summed E-state index contributed by atoms with van der Waals surface area (Å²) in [4.78, 5) is 12.0. The molecule has 1 aromatic rings. The molecule has 1 aliphatic rings. The van der Waals surface area contributed by atoms with Crippen molar-refractivity contribution in [2.24, 2.45) is 5.92 Å². The third-order valence-corrected chi connectivity index (χ3v) is 4.27. The van der Waals surface area contributed by atoms with Crippen molar-refractivity contribution in [3.63, 3.8) is 0 Å². The normalized spacial score (nSPS) is 17.7. The zero-order valence-corrected chi connectivity index (χ0v) is 11.7. The van der Waals surface area contributed by atoms with Crippen molar-refractivity contribution in [3.8, 4) is 11.8 Å². The molecule has 1 unspecified atom stereocenters. The molecule has 1 atom stereocenters. The molecule has 0 aliphatic carbocycles. The summed E-state index contributed by atoms with van der Waals surface area (Å²) in [5.41, 5.74) is 2.65. The smallest absolute Gasteiger partial charge is 0.228 e. The molecule has 1 heterocycles. The van der Waals surface area contributed by atoms with Crippen LogP contribution in [0.3, 0.4) is 0 Å². The summed E-state index contributed by atoms with van der Waals surface area (Å²) >= 11 is 1.83. The molecule has 0 saturated carbocycles. The van der Waals surface area contributed by atoms with Crippen molar-refractivity contribution in [3.05, 3.63) is 29.3 Å². The van der Waals surface area contributed by atoms with Gasteiger partial charge in [0.15, 0.2) is 0 Å². The molecular formula is C15H17NO2S. The lowest BCUT2D eigenvalue weighted by Crippen LogP contribution is -2.22. The minimum absolute atomic E-state index is 0.0925. The molecule has 0 spiro atoms. The minimum atomic E-state index is -0.157. The number of benzene rings is 1. The van der Waals surface area contributed by atoms with E-state index >= 15 is 0 Å². The quantitative estimate of drug-likeness (QED) is 0.812. The predicted octanol–water partition coefficient (Wildman–Crippen LogP) is 2.03. The molecule has 1 saturated heterocycles. The van der Waals surface area contributed by atoms with Crippen LogP contribution in [0.4, 0.5) is 5.69 Å². The fourth-order valence-corrected chi connectivity index (χ4v) is 3.18. The number of hydrogen-bond donors (Lipinski definition) is 2. The van der Waals surface area contributed by atoms with Crippen molar-refractivity contribution in [1.29, 1.82) is 0 Å². The number of nitrogens with one attached hydrogen (secondary N) is 1. The highest BCUT2D eigenvalue weighted by Crippen LogP contribution is 2.25. The van der Waals surface area contributed by atoms with E-state index in [0.29, 0.717) is 0 Å². The van der Waals surface area contributed by atoms with Crippen LogP contribution in [0.25, 0.3) is 0 Å². The van der Waals surface area contributed by atoms with Crippen LogP contribution in [0.1, 0.15) is 17.5 Å². The van der Waals surface area contributed by atoms with Crippen LogP contribution in [0.2, 0.25) is 0 Å². The second kappa shape index (κ2) is 6.65. The molecule has 0 aromatic heterocycles. The Morgan fingerprint density at radius 2 is 2.42 bits per heavy atom. The van der Waals surface area contributed by atoms with Gasteiger partial charge in [-0.3, -0.25) is 4.79 Å². The molecule has 1 fully saturated rings. The summed E-state index contributed by atoms with van der Waals surface area (Å²) < 4.78 is 0. The Kier molecular flexibility index (Phi) is 4.89. The van der Waals surface area contributed by atoms with E-state index in [-0.39, 0.29) is 18.4 Å². The second-order valence-electron chi connectivity index (χ2n) is 4.54. The molecule has 0 bridgehead atoms. The van der Waals surface area contributed by atoms with E-state index in [4.69, 9.17) is 5.11 Å². The number of aliphatic hydroxyl groups excluding tert-OH is 1. The SMILES string of the molecule is Cc1ccc(NC(=O)C2CCSC2)cc1C#CCO. The first kappa shape index (κ1) is 14.0. The highest BCUT2D eigenvalue weighted by molar-refractivity contribution is 7.99. The highest BCUT2D eigenvalue weighted by atomic mass is 32.2. The average Bonchev–Trinajstić information content (AvgIpc) is 2.93. The third kappa shape index (κ3) is 3.76. The molecule has 0 radical (unpaired) electrons. The zero-order chi connectivity index (χ0) is 13.7. The van der Waals surface area contributed by atoms with E-state index in [1.165, 1.54) is 0 Å². The first-order valence-electron chi connectivity index (χ1n) is 6.29. The summed E-state index contributed by atoms with van der Waals surface area (Å²) in [6.45, 7) is 1.80. The molecule has 2 rings (SSSR count). The van der Waals surface area contributed by atoms with Crippen molar-refractivity contribution in [1.82, 2.24) is 0 Å². The van der Waals surface area contributed by atoms with Crippen LogP contribution in [-0.2, 0) is 4.79 Å². The number of rotatable bonds is 2. The molecule has 3 nitrogen and oxygen atoms in total. The van der Waals surface area contributed by atoms with Gasteiger partial charge in [-0.25, -0.2) is 0 Å². The van der Waals surface area contributed by atoms with Crippen molar-refractivity contribution in [2.45, 2.75) is 13.3 Å². The van der Waals surface area contributed by atoms with E-state index in [9.17, 15) is 4.79 Å². The maximum absolute atomic E-state index is 12.0. The monoisotopic (exact) mass is 275 g/mol. The van der Waals surface area contributed by atoms with Crippen molar-refractivity contribution < 1.29 is 9.90 Å². The molecular weight excluding hydrogens is 258 g/mol. The van der Waals surface area contributed by atoms with Gasteiger partial charge in [-0.1, -0.05) is 17.9 Å². The standard InChI is InChI=1S/C15H17NO2S/c1-11-4-5-14(9-12(11)3-2-7-17)16-15(18)13-6-8-19-10-13/h4-5,9,13,17H,6-8,10H2,1H3,(H,16,18). The molecule has 19 heavy (non-hydrogen) atoms. The van der Waals surface area contributed by atoms with Gasteiger partial charge < -0.3 is 10.4 Å². The van der Waals surface area contributed by atoms with Crippen LogP contribution in [0.5, 0.6) is 0 Å². The number of thioether (sulfide) groups is 1. The number of aliphatic hydroxyl groups is 1. The van der Waals surface area contributed by atoms with Gasteiger partial charge in [0.1, 0.15) is 6.61 Å². The van der Waals surface area contributed by atoms with E-state index in [1.807, 2.05) is 36.9 Å². The Hall–Kier alpha value is -1.44. The van der Waals surface area contributed by atoms with Crippen molar-refractivity contribution >= 4 is 23.4 Å². The number of carbonyl (C=O) groups is 1. The predicted molar refractivity (Wildman–Crippen MR) is 79.2 cm³/mol. The van der Waals surface area contributed by atoms with Crippen molar-refractivity contribution in [2.75, 3.05) is 23.4 Å². The molecule has 2 N–H and O–H groups in total. The average molecular weight is 275 g/mol. The number of hydrogen-bond acceptors (Lipinski definition) is 3. The Bertz CT molecular complexity index is 525. The first-order valence-corrected chi connectivity index (χ1v) is 7.45. The molecule has 1 aliphatic heterocycles. The largest absolute Gasteiger partial charge is 0.384 e. The van der Waals surface area contributed by atoms with Gasteiger partial charge >= 0.3 is 0 Å². The van der Waals surface area contributed by atoms with Gasteiger partial charge in [-0.15, -0.1) is 0 Å². The second-order valence-corrected chi connectivity index (χ2v) is 5.69. The summed E-state index contributed by atoms with van der Waals surface area (Å²) in [7, 11) is 0. The third-order valence-electron chi connectivity index (χ3n) is 3.11. The van der Waals surface area contributed by atoms with Gasteiger partial charge in [0.05, 0.1) is 0 Å². The molecule has 1 amide bonds. The summed E-state index contributed by atoms with van der Waals surface area (Å²) in [6, 6.07) is 5.68. The van der Waals surface area contributed by atoms with E-state index < -0.39 is 0 Å². The van der Waals surface area contributed by atoms with E-state index in [2.05, 4.69) is 17.2 Å². The lowest BCUT2D eigenvalue weighted by atomic mass is 10.1. The Morgan fingerprint density at radius 1 is 1.58 bits per heavy atom. The summed E-state index contributed by atoms with van der Waals surface area (Å²) in [5, 5.41) is 11.7. The molecule has 100 valence electrons. The molecule has 4 heteroatoms. The summed E-state index contributed by atoms with van der Waals surface area (Å²) in [6.07, 6.45) is 0.958. The Labute approximate surface area is 117 Å². The van der Waals surface area contributed by atoms with Gasteiger partial charge in [0.2, 0.25) is 5.91 Å². The van der Waals surface area contributed by atoms with Gasteiger partial charge in [0.25, 0.3) is 0 Å². The maximum atomic E-state index is 12.0. The Balaban J connectivity index is 2.10.